The first-order chi connectivity index (χ1) is 8.49. The maximum atomic E-state index is 11.9. The van der Waals surface area contributed by atoms with E-state index >= 15 is 0 Å². The predicted molar refractivity (Wildman–Crippen MR) is 68.2 cm³/mol. The molecule has 2 N–H and O–H groups in total. The highest BCUT2D eigenvalue weighted by molar-refractivity contribution is 7.89. The van der Waals surface area contributed by atoms with Crippen molar-refractivity contribution >= 4 is 33.0 Å². The molecule has 0 aliphatic carbocycles. The molecule has 96 valence electrons. The number of nitrogens with one attached hydrogen (secondary N) is 2. The Labute approximate surface area is 112 Å². The Morgan fingerprint density at radius 3 is 2.89 bits per heavy atom. The van der Waals surface area contributed by atoms with Crippen molar-refractivity contribution in [3.8, 4) is 0 Å². The number of thiazole rings is 1. The zero-order chi connectivity index (χ0) is 13.2. The SMILES string of the molecule is O=c1[nH]c(CNS(=O)(=O)c2cnccc2Cl)cs1. The van der Waals surface area contributed by atoms with E-state index in [4.69, 9.17) is 11.6 Å². The summed E-state index contributed by atoms with van der Waals surface area (Å²) in [7, 11) is -3.74. The van der Waals surface area contributed by atoms with Crippen LogP contribution >= 0.6 is 22.9 Å². The van der Waals surface area contributed by atoms with Gasteiger partial charge in [0.05, 0.1) is 11.6 Å². The van der Waals surface area contributed by atoms with Gasteiger partial charge in [-0.2, -0.15) is 0 Å². The molecule has 2 heterocycles. The van der Waals surface area contributed by atoms with Crippen LogP contribution in [0, 0.1) is 0 Å². The van der Waals surface area contributed by atoms with Gasteiger partial charge >= 0.3 is 4.87 Å². The van der Waals surface area contributed by atoms with E-state index in [9.17, 15) is 13.2 Å². The zero-order valence-corrected chi connectivity index (χ0v) is 11.3. The average Bonchev–Trinajstić information content (AvgIpc) is 2.73. The van der Waals surface area contributed by atoms with Crippen LogP contribution in [0.4, 0.5) is 0 Å². The molecule has 2 rings (SSSR count). The molecule has 0 bridgehead atoms. The summed E-state index contributed by atoms with van der Waals surface area (Å²) in [6.45, 7) is -0.00764. The number of H-pyrrole nitrogens is 1. The van der Waals surface area contributed by atoms with E-state index in [-0.39, 0.29) is 21.3 Å². The minimum absolute atomic E-state index is 0.00764. The number of hydrogen-bond donors (Lipinski definition) is 2. The van der Waals surface area contributed by atoms with Gasteiger partial charge in [-0.25, -0.2) is 13.1 Å². The van der Waals surface area contributed by atoms with Gasteiger partial charge in [0.15, 0.2) is 0 Å². The Bertz CT molecular complexity index is 708. The second kappa shape index (κ2) is 5.19. The molecule has 9 heteroatoms. The monoisotopic (exact) mass is 305 g/mol. The predicted octanol–water partition coefficient (Wildman–Crippen LogP) is 0.963. The summed E-state index contributed by atoms with van der Waals surface area (Å²) in [4.78, 5) is 16.8. The number of pyridine rings is 1. The number of rotatable bonds is 4. The molecule has 0 saturated heterocycles. The smallest absolute Gasteiger partial charge is 0.304 e. The Hall–Kier alpha value is -1.22. The summed E-state index contributed by atoms with van der Waals surface area (Å²) < 4.78 is 26.1. The van der Waals surface area contributed by atoms with Crippen LogP contribution in [0.3, 0.4) is 0 Å². The van der Waals surface area contributed by atoms with Crippen molar-refractivity contribution in [1.82, 2.24) is 14.7 Å². The van der Waals surface area contributed by atoms with Gasteiger partial charge in [-0.1, -0.05) is 22.9 Å². The van der Waals surface area contributed by atoms with Gasteiger partial charge in [0.25, 0.3) is 0 Å². The van der Waals surface area contributed by atoms with E-state index in [1.807, 2.05) is 0 Å². The highest BCUT2D eigenvalue weighted by atomic mass is 35.5. The molecule has 18 heavy (non-hydrogen) atoms. The number of nitrogens with zero attached hydrogens (tertiary/aromatic N) is 1. The van der Waals surface area contributed by atoms with Crippen LogP contribution in [-0.4, -0.2) is 18.4 Å². The highest BCUT2D eigenvalue weighted by Crippen LogP contribution is 2.19. The number of sulfonamides is 1. The maximum Gasteiger partial charge on any atom is 0.304 e. The van der Waals surface area contributed by atoms with Gasteiger partial charge in [0.1, 0.15) is 4.90 Å². The second-order valence-electron chi connectivity index (χ2n) is 3.30. The molecular weight excluding hydrogens is 298 g/mol. The highest BCUT2D eigenvalue weighted by Gasteiger charge is 2.17. The molecule has 0 aliphatic rings. The Balaban J connectivity index is 2.18. The Morgan fingerprint density at radius 1 is 1.50 bits per heavy atom. The summed E-state index contributed by atoms with van der Waals surface area (Å²) in [5.74, 6) is 0. The van der Waals surface area contributed by atoms with E-state index < -0.39 is 10.0 Å². The van der Waals surface area contributed by atoms with Crippen molar-refractivity contribution < 1.29 is 8.42 Å². The number of aromatic nitrogens is 2. The quantitative estimate of drug-likeness (QED) is 0.880. The third-order valence-corrected chi connectivity index (χ3v) is 4.64. The van der Waals surface area contributed by atoms with Crippen LogP contribution in [0.1, 0.15) is 5.69 Å². The van der Waals surface area contributed by atoms with Crippen LogP contribution in [0.25, 0.3) is 0 Å². The molecule has 2 aromatic heterocycles. The summed E-state index contributed by atoms with van der Waals surface area (Å²) in [5.41, 5.74) is 0.494. The number of hydrogen-bond acceptors (Lipinski definition) is 5. The Morgan fingerprint density at radius 2 is 2.28 bits per heavy atom. The number of halogens is 1. The van der Waals surface area contributed by atoms with Crippen molar-refractivity contribution in [2.24, 2.45) is 0 Å². The lowest BCUT2D eigenvalue weighted by Crippen LogP contribution is -2.24. The largest absolute Gasteiger partial charge is 0.315 e. The zero-order valence-electron chi connectivity index (χ0n) is 8.88. The summed E-state index contributed by atoms with van der Waals surface area (Å²) in [6.07, 6.45) is 2.57. The van der Waals surface area contributed by atoms with Gasteiger partial charge in [-0.15, -0.1) is 0 Å². The first-order valence-electron chi connectivity index (χ1n) is 4.75. The van der Waals surface area contributed by atoms with Gasteiger partial charge < -0.3 is 4.98 Å². The van der Waals surface area contributed by atoms with Gasteiger partial charge in [-0.05, 0) is 6.07 Å². The topological polar surface area (TPSA) is 91.9 Å². The molecule has 0 radical (unpaired) electrons. The lowest BCUT2D eigenvalue weighted by atomic mass is 10.5. The van der Waals surface area contributed by atoms with Crippen LogP contribution in [-0.2, 0) is 16.6 Å². The summed E-state index contributed by atoms with van der Waals surface area (Å²) in [6, 6.07) is 1.39. The van der Waals surface area contributed by atoms with E-state index in [1.165, 1.54) is 18.5 Å². The molecule has 2 aromatic rings. The minimum Gasteiger partial charge on any atom is -0.315 e. The molecule has 0 unspecified atom stereocenters. The standard InChI is InChI=1S/C9H8ClN3O3S2/c10-7-1-2-11-4-8(7)18(15,16)12-3-6-5-17-9(14)13-6/h1-2,4-5,12H,3H2,(H,13,14). The normalized spacial score (nSPS) is 11.6. The van der Waals surface area contributed by atoms with Crippen LogP contribution in [0.15, 0.2) is 33.5 Å². The summed E-state index contributed by atoms with van der Waals surface area (Å²) in [5, 5.41) is 1.65. The first-order valence-corrected chi connectivity index (χ1v) is 7.49. The van der Waals surface area contributed by atoms with Crippen molar-refractivity contribution in [3.63, 3.8) is 0 Å². The third kappa shape index (κ3) is 2.96. The van der Waals surface area contributed by atoms with E-state index in [0.29, 0.717) is 5.69 Å². The average molecular weight is 306 g/mol. The van der Waals surface area contributed by atoms with Gasteiger partial charge in [-0.3, -0.25) is 9.78 Å². The fourth-order valence-electron chi connectivity index (χ4n) is 1.21. The first kappa shape index (κ1) is 13.2. The Kier molecular flexibility index (Phi) is 3.81. The van der Waals surface area contributed by atoms with Gasteiger partial charge in [0.2, 0.25) is 10.0 Å². The van der Waals surface area contributed by atoms with E-state index in [2.05, 4.69) is 14.7 Å². The van der Waals surface area contributed by atoms with Crippen molar-refractivity contribution in [2.75, 3.05) is 0 Å². The maximum absolute atomic E-state index is 11.9. The lowest BCUT2D eigenvalue weighted by molar-refractivity contribution is 0.580. The molecular formula is C9H8ClN3O3S2. The third-order valence-electron chi connectivity index (χ3n) is 2.05. The summed E-state index contributed by atoms with van der Waals surface area (Å²) >= 11 is 6.75. The van der Waals surface area contributed by atoms with E-state index in [1.54, 1.807) is 5.38 Å². The van der Waals surface area contributed by atoms with Crippen LogP contribution < -0.4 is 9.60 Å². The molecule has 0 aromatic carbocycles. The molecule has 0 amide bonds. The molecule has 0 saturated carbocycles. The lowest BCUT2D eigenvalue weighted by Gasteiger charge is -2.06. The second-order valence-corrected chi connectivity index (χ2v) is 6.29. The van der Waals surface area contributed by atoms with Crippen LogP contribution in [0.5, 0.6) is 0 Å². The van der Waals surface area contributed by atoms with Crippen molar-refractivity contribution in [2.45, 2.75) is 11.4 Å². The molecule has 0 aliphatic heterocycles. The fourth-order valence-corrected chi connectivity index (χ4v) is 3.23. The molecule has 0 spiro atoms. The van der Waals surface area contributed by atoms with Gasteiger partial charge in [0, 0.05) is 23.5 Å². The van der Waals surface area contributed by atoms with Crippen LogP contribution in [0.2, 0.25) is 5.02 Å². The van der Waals surface area contributed by atoms with Crippen molar-refractivity contribution in [3.05, 3.63) is 44.2 Å². The minimum atomic E-state index is -3.74. The molecule has 0 atom stereocenters. The fraction of sp³-hybridized carbons (Fsp3) is 0.111. The van der Waals surface area contributed by atoms with E-state index in [0.717, 1.165) is 11.3 Å². The number of aromatic amines is 1. The van der Waals surface area contributed by atoms with Crippen molar-refractivity contribution in [1.29, 1.82) is 0 Å². The molecule has 0 fully saturated rings. The molecule has 6 nitrogen and oxygen atoms in total.